The monoisotopic (exact) mass is 383 g/mol. The molecule has 0 bridgehead atoms. The lowest BCUT2D eigenvalue weighted by Gasteiger charge is -2.24. The lowest BCUT2D eigenvalue weighted by molar-refractivity contribution is 0.785. The van der Waals surface area contributed by atoms with E-state index in [9.17, 15) is 10.1 Å². The van der Waals surface area contributed by atoms with Gasteiger partial charge in [-0.15, -0.1) is 0 Å². The molecule has 0 saturated carbocycles. The van der Waals surface area contributed by atoms with Gasteiger partial charge in [-0.3, -0.25) is 4.79 Å². The summed E-state index contributed by atoms with van der Waals surface area (Å²) in [6.07, 6.45) is 1.69. The first-order chi connectivity index (χ1) is 14.2. The second-order valence-electron chi connectivity index (χ2n) is 6.62. The van der Waals surface area contributed by atoms with Crippen LogP contribution in [-0.2, 0) is 0 Å². The first-order valence-electron chi connectivity index (χ1n) is 9.63. The van der Waals surface area contributed by atoms with Crippen molar-refractivity contribution in [2.24, 2.45) is 0 Å². The van der Waals surface area contributed by atoms with E-state index < -0.39 is 0 Å². The number of nitriles is 1. The summed E-state index contributed by atoms with van der Waals surface area (Å²) in [4.78, 5) is 20.6. The summed E-state index contributed by atoms with van der Waals surface area (Å²) < 4.78 is 3.39. The number of hydrogen-bond donors (Lipinski definition) is 0. The lowest BCUT2D eigenvalue weighted by atomic mass is 10.3. The fourth-order valence-electron chi connectivity index (χ4n) is 3.56. The van der Waals surface area contributed by atoms with Gasteiger partial charge in [0.25, 0.3) is 5.56 Å². The van der Waals surface area contributed by atoms with Crippen molar-refractivity contribution in [2.45, 2.75) is 13.8 Å². The fraction of sp³-hybridized carbons (Fsp3) is 0.174. The Morgan fingerprint density at radius 1 is 0.966 bits per heavy atom. The predicted molar refractivity (Wildman–Crippen MR) is 115 cm³/mol. The number of hydrogen-bond acceptors (Lipinski definition) is 4. The van der Waals surface area contributed by atoms with Crippen molar-refractivity contribution in [2.75, 3.05) is 18.0 Å². The molecule has 0 atom stereocenters. The average molecular weight is 383 g/mol. The van der Waals surface area contributed by atoms with Crippen LogP contribution in [0, 0.1) is 11.3 Å². The second kappa shape index (κ2) is 7.64. The molecular formula is C23H21N5O. The van der Waals surface area contributed by atoms with Crippen LogP contribution in [0.3, 0.4) is 0 Å². The summed E-state index contributed by atoms with van der Waals surface area (Å²) >= 11 is 0. The zero-order valence-corrected chi connectivity index (χ0v) is 16.4. The van der Waals surface area contributed by atoms with Crippen LogP contribution in [-0.4, -0.2) is 27.2 Å². The van der Waals surface area contributed by atoms with Gasteiger partial charge in [-0.2, -0.15) is 5.26 Å². The Hall–Kier alpha value is -3.85. The van der Waals surface area contributed by atoms with Crippen LogP contribution in [0.25, 0.3) is 22.4 Å². The fourth-order valence-corrected chi connectivity index (χ4v) is 3.56. The normalized spacial score (nSPS) is 10.8. The molecule has 0 fully saturated rings. The van der Waals surface area contributed by atoms with E-state index in [1.165, 1.54) is 0 Å². The predicted octanol–water partition coefficient (Wildman–Crippen LogP) is 3.89. The van der Waals surface area contributed by atoms with Crippen molar-refractivity contribution in [3.05, 3.63) is 82.8 Å². The molecule has 2 aromatic carbocycles. The van der Waals surface area contributed by atoms with Crippen molar-refractivity contribution in [1.29, 1.82) is 5.26 Å². The highest BCUT2D eigenvalue weighted by atomic mass is 16.1. The Kier molecular flexibility index (Phi) is 4.88. The third-order valence-electron chi connectivity index (χ3n) is 5.01. The molecule has 144 valence electrons. The van der Waals surface area contributed by atoms with Crippen LogP contribution in [0.5, 0.6) is 0 Å². The Morgan fingerprint density at radius 2 is 1.55 bits per heavy atom. The molecule has 0 radical (unpaired) electrons. The minimum atomic E-state index is -0.201. The average Bonchev–Trinajstić information content (AvgIpc) is 3.15. The largest absolute Gasteiger partial charge is 0.342 e. The Morgan fingerprint density at radius 3 is 2.10 bits per heavy atom. The molecule has 29 heavy (non-hydrogen) atoms. The zero-order valence-electron chi connectivity index (χ0n) is 16.4. The van der Waals surface area contributed by atoms with Gasteiger partial charge >= 0.3 is 0 Å². The summed E-state index contributed by atoms with van der Waals surface area (Å²) in [7, 11) is 0. The Balaban J connectivity index is 2.15. The van der Waals surface area contributed by atoms with E-state index in [1.54, 1.807) is 15.3 Å². The van der Waals surface area contributed by atoms with Crippen LogP contribution in [0.15, 0.2) is 71.7 Å². The van der Waals surface area contributed by atoms with Crippen LogP contribution < -0.4 is 10.5 Å². The molecule has 4 aromatic rings. The maximum Gasteiger partial charge on any atom is 0.284 e. The number of rotatable bonds is 5. The van der Waals surface area contributed by atoms with Gasteiger partial charge in [-0.1, -0.05) is 36.4 Å². The number of anilines is 1. The minimum Gasteiger partial charge on any atom is -0.342 e. The molecule has 2 heterocycles. The SMILES string of the molecule is CCN(CC)c1nc2c(C#N)cn(-c3ccccc3)c2c(=O)n1-c1ccccc1. The summed E-state index contributed by atoms with van der Waals surface area (Å²) in [6.45, 7) is 5.44. The first kappa shape index (κ1) is 18.5. The molecule has 6 heteroatoms. The van der Waals surface area contributed by atoms with E-state index in [2.05, 4.69) is 6.07 Å². The molecule has 0 spiro atoms. The highest BCUT2D eigenvalue weighted by Gasteiger charge is 2.22. The second-order valence-corrected chi connectivity index (χ2v) is 6.62. The topological polar surface area (TPSA) is 66.8 Å². The van der Waals surface area contributed by atoms with Gasteiger partial charge in [0.05, 0.1) is 11.3 Å². The Bertz CT molecular complexity index is 1250. The van der Waals surface area contributed by atoms with Gasteiger partial charge in [0, 0.05) is 25.0 Å². The molecule has 4 rings (SSSR count). The van der Waals surface area contributed by atoms with Crippen LogP contribution in [0.4, 0.5) is 5.95 Å². The third-order valence-corrected chi connectivity index (χ3v) is 5.01. The van der Waals surface area contributed by atoms with Crippen molar-refractivity contribution >= 4 is 17.0 Å². The molecule has 0 N–H and O–H groups in total. The van der Waals surface area contributed by atoms with Crippen LogP contribution in [0.2, 0.25) is 0 Å². The number of benzene rings is 2. The molecule has 6 nitrogen and oxygen atoms in total. The van der Waals surface area contributed by atoms with E-state index in [-0.39, 0.29) is 5.56 Å². The zero-order chi connectivity index (χ0) is 20.4. The quantitative estimate of drug-likeness (QED) is 0.524. The molecular weight excluding hydrogens is 362 g/mol. The van der Waals surface area contributed by atoms with Gasteiger partial charge in [0.1, 0.15) is 17.1 Å². The lowest BCUT2D eigenvalue weighted by Crippen LogP contribution is -2.32. The summed E-state index contributed by atoms with van der Waals surface area (Å²) in [5.74, 6) is 0.543. The summed E-state index contributed by atoms with van der Waals surface area (Å²) in [6, 6.07) is 21.2. The van der Waals surface area contributed by atoms with Gasteiger partial charge < -0.3 is 9.47 Å². The van der Waals surface area contributed by atoms with Gasteiger partial charge in [-0.05, 0) is 38.1 Å². The number of fused-ring (bicyclic) bond motifs is 1. The first-order valence-corrected chi connectivity index (χ1v) is 9.63. The maximum absolute atomic E-state index is 13.8. The van der Waals surface area contributed by atoms with Crippen LogP contribution in [0.1, 0.15) is 19.4 Å². The molecule has 0 aliphatic rings. The maximum atomic E-state index is 13.8. The molecule has 0 amide bonds. The standard InChI is InChI=1S/C23H21N5O/c1-3-26(4-2)23-25-20-17(15-24)16-27(18-11-7-5-8-12-18)21(20)22(29)28(23)19-13-9-6-10-14-19/h5-14,16H,3-4H2,1-2H3. The summed E-state index contributed by atoms with van der Waals surface area (Å²) in [5.41, 5.74) is 2.56. The van der Waals surface area contributed by atoms with Gasteiger partial charge in [-0.25, -0.2) is 9.55 Å². The van der Waals surface area contributed by atoms with Crippen LogP contribution >= 0.6 is 0 Å². The van der Waals surface area contributed by atoms with E-state index >= 15 is 0 Å². The van der Waals surface area contributed by atoms with E-state index in [0.717, 1.165) is 11.4 Å². The van der Waals surface area contributed by atoms with Crippen molar-refractivity contribution in [3.8, 4) is 17.4 Å². The van der Waals surface area contributed by atoms with Gasteiger partial charge in [0.2, 0.25) is 5.95 Å². The van der Waals surface area contributed by atoms with Gasteiger partial charge in [0.15, 0.2) is 0 Å². The third kappa shape index (κ3) is 3.07. The van der Waals surface area contributed by atoms with E-state index in [1.807, 2.05) is 79.4 Å². The summed E-state index contributed by atoms with van der Waals surface area (Å²) in [5, 5.41) is 9.69. The Labute approximate surface area is 168 Å². The highest BCUT2D eigenvalue weighted by molar-refractivity contribution is 5.85. The molecule has 0 unspecified atom stereocenters. The molecule has 2 aromatic heterocycles. The number of nitrogens with zero attached hydrogens (tertiary/aromatic N) is 5. The molecule has 0 saturated heterocycles. The molecule has 0 aliphatic heterocycles. The van der Waals surface area contributed by atoms with Crippen molar-refractivity contribution in [3.63, 3.8) is 0 Å². The number of para-hydroxylation sites is 2. The van der Waals surface area contributed by atoms with Crippen molar-refractivity contribution < 1.29 is 0 Å². The van der Waals surface area contributed by atoms with E-state index in [0.29, 0.717) is 35.6 Å². The number of aromatic nitrogens is 3. The molecule has 0 aliphatic carbocycles. The highest BCUT2D eigenvalue weighted by Crippen LogP contribution is 2.25. The van der Waals surface area contributed by atoms with Crippen molar-refractivity contribution in [1.82, 2.24) is 14.1 Å². The smallest absolute Gasteiger partial charge is 0.284 e. The van der Waals surface area contributed by atoms with E-state index in [4.69, 9.17) is 4.98 Å². The minimum absolute atomic E-state index is 0.201.